The van der Waals surface area contributed by atoms with Gasteiger partial charge in [-0.3, -0.25) is 0 Å². The molecular weight excluding hydrogens is 83.0 g/mol. The Morgan fingerprint density at radius 2 is 1.43 bits per heavy atom. The Bertz CT molecular complexity index is 15.6. The maximum atomic E-state index is 4.83. The van der Waals surface area contributed by atoms with Crippen molar-refractivity contribution in [1.82, 2.24) is 0 Å². The molecule has 0 aromatic rings. The van der Waals surface area contributed by atoms with Crippen LogP contribution in [0.2, 0.25) is 5.60 Å². The Balaban J connectivity index is 0. The van der Waals surface area contributed by atoms with Gasteiger partial charge in [-0.05, 0) is 13.8 Å². The topological polar surface area (TPSA) is 9.23 Å². The van der Waals surface area contributed by atoms with E-state index in [1.165, 1.54) is 0 Å². The van der Waals surface area contributed by atoms with E-state index < -0.39 is 0 Å². The first-order chi connectivity index (χ1) is 3.41. The molecule has 0 saturated heterocycles. The van der Waals surface area contributed by atoms with Crippen molar-refractivity contribution >= 4 is 17.7 Å². The zero-order chi connectivity index (χ0) is 6.12. The van der Waals surface area contributed by atoms with Crippen molar-refractivity contribution in [2.45, 2.75) is 19.4 Å². The zero-order valence-electron chi connectivity index (χ0n) is 5.82. The van der Waals surface area contributed by atoms with Crippen LogP contribution < -0.4 is 0 Å². The van der Waals surface area contributed by atoms with Crippen LogP contribution in [0.5, 0.6) is 0 Å². The average molecular weight is 96.1 g/mol. The minimum absolute atomic E-state index is 0.844. The third-order valence-corrected chi connectivity index (χ3v) is 0.408. The summed E-state index contributed by atoms with van der Waals surface area (Å²) in [5.74, 6) is 0. The molecule has 0 saturated carbocycles. The molecule has 0 amide bonds. The SMILES string of the molecule is CCOCC.[Li][CH3]. The molecule has 0 unspecified atom stereocenters. The van der Waals surface area contributed by atoms with Crippen LogP contribution in [-0.4, -0.2) is 30.9 Å². The Morgan fingerprint density at radius 1 is 1.14 bits per heavy atom. The van der Waals surface area contributed by atoms with Crippen molar-refractivity contribution in [2.75, 3.05) is 13.2 Å². The van der Waals surface area contributed by atoms with Crippen LogP contribution >= 0.6 is 0 Å². The van der Waals surface area contributed by atoms with Gasteiger partial charge in [-0.1, -0.05) is 0 Å². The van der Waals surface area contributed by atoms with Crippen LogP contribution in [0.1, 0.15) is 13.8 Å². The maximum absolute atomic E-state index is 4.83. The molecule has 0 aromatic heterocycles. The van der Waals surface area contributed by atoms with E-state index in [0.29, 0.717) is 0 Å². The molecular formula is C5H13LiO. The summed E-state index contributed by atoms with van der Waals surface area (Å²) in [4.78, 5) is 0. The summed E-state index contributed by atoms with van der Waals surface area (Å²) in [6.45, 7) is 5.67. The Hall–Kier alpha value is 0.557. The molecule has 0 fully saturated rings. The summed E-state index contributed by atoms with van der Waals surface area (Å²) in [6.07, 6.45) is 0. The zero-order valence-corrected chi connectivity index (χ0v) is 5.82. The molecule has 0 heterocycles. The van der Waals surface area contributed by atoms with Gasteiger partial charge in [-0.15, -0.1) is 0 Å². The Kier molecular flexibility index (Phi) is 24.1. The second kappa shape index (κ2) is 16.0. The molecule has 0 aliphatic rings. The number of ether oxygens (including phenoxy) is 1. The standard InChI is InChI=1S/C4H10O.CH3.Li/c1-3-5-4-2;;/h3-4H2,1-2H3;1H3;. The summed E-state index contributed by atoms with van der Waals surface area (Å²) >= 11 is 2.00. The Morgan fingerprint density at radius 3 is 1.43 bits per heavy atom. The van der Waals surface area contributed by atoms with Gasteiger partial charge in [0.1, 0.15) is 0 Å². The molecule has 0 atom stereocenters. The average Bonchev–Trinajstić information content (AvgIpc) is 1.75. The predicted octanol–water partition coefficient (Wildman–Crippen LogP) is 1.25. The van der Waals surface area contributed by atoms with Crippen molar-refractivity contribution in [3.8, 4) is 0 Å². The van der Waals surface area contributed by atoms with E-state index in [-0.39, 0.29) is 0 Å². The van der Waals surface area contributed by atoms with Gasteiger partial charge >= 0.3 is 23.3 Å². The number of hydrogen-bond acceptors (Lipinski definition) is 1. The third kappa shape index (κ3) is 20.8. The van der Waals surface area contributed by atoms with E-state index in [0.717, 1.165) is 13.2 Å². The minimum atomic E-state index is 0.844. The van der Waals surface area contributed by atoms with E-state index in [9.17, 15) is 0 Å². The van der Waals surface area contributed by atoms with E-state index in [2.05, 4.69) is 0 Å². The molecule has 0 rings (SSSR count). The van der Waals surface area contributed by atoms with Gasteiger partial charge in [0, 0.05) is 13.2 Å². The molecule has 7 heavy (non-hydrogen) atoms. The molecule has 0 spiro atoms. The third-order valence-electron chi connectivity index (χ3n) is 0.408. The molecule has 0 aliphatic heterocycles. The van der Waals surface area contributed by atoms with Gasteiger partial charge in [0.25, 0.3) is 0 Å². The van der Waals surface area contributed by atoms with Crippen molar-refractivity contribution in [1.29, 1.82) is 0 Å². The summed E-state index contributed by atoms with van der Waals surface area (Å²) in [7, 11) is 0. The van der Waals surface area contributed by atoms with Crippen LogP contribution in [0.15, 0.2) is 0 Å². The second-order valence-electron chi connectivity index (χ2n) is 0.781. The fourth-order valence-corrected chi connectivity index (χ4v) is 0.204. The molecule has 0 bridgehead atoms. The summed E-state index contributed by atoms with van der Waals surface area (Å²) in [6, 6.07) is 0. The van der Waals surface area contributed by atoms with Gasteiger partial charge in [0.05, 0.1) is 0 Å². The first kappa shape index (κ1) is 10.5. The number of hydrogen-bond donors (Lipinski definition) is 0. The van der Waals surface area contributed by atoms with E-state index in [1.54, 1.807) is 0 Å². The van der Waals surface area contributed by atoms with E-state index in [1.807, 2.05) is 37.2 Å². The van der Waals surface area contributed by atoms with Gasteiger partial charge in [-0.25, -0.2) is 0 Å². The van der Waals surface area contributed by atoms with E-state index >= 15 is 0 Å². The van der Waals surface area contributed by atoms with Crippen molar-refractivity contribution < 1.29 is 4.74 Å². The second-order valence-corrected chi connectivity index (χ2v) is 0.781. The normalized spacial score (nSPS) is 7.00. The monoisotopic (exact) mass is 96.1 g/mol. The molecule has 40 valence electrons. The first-order valence-corrected chi connectivity index (χ1v) is 2.99. The Labute approximate surface area is 55.6 Å². The van der Waals surface area contributed by atoms with Crippen LogP contribution in [0.25, 0.3) is 0 Å². The predicted molar refractivity (Wildman–Crippen MR) is 33.8 cm³/mol. The van der Waals surface area contributed by atoms with Crippen molar-refractivity contribution in [3.05, 3.63) is 0 Å². The molecule has 0 radical (unpaired) electrons. The van der Waals surface area contributed by atoms with Crippen LogP contribution in [0.4, 0.5) is 0 Å². The van der Waals surface area contributed by atoms with Crippen LogP contribution in [0, 0.1) is 0 Å². The summed E-state index contributed by atoms with van der Waals surface area (Å²) in [5, 5.41) is 0. The van der Waals surface area contributed by atoms with Gasteiger partial charge in [0.2, 0.25) is 0 Å². The fourth-order valence-electron chi connectivity index (χ4n) is 0.204. The number of rotatable bonds is 2. The molecule has 0 aromatic carbocycles. The first-order valence-electron chi connectivity index (χ1n) is 2.99. The van der Waals surface area contributed by atoms with Crippen molar-refractivity contribution in [3.63, 3.8) is 0 Å². The van der Waals surface area contributed by atoms with Crippen LogP contribution in [-0.2, 0) is 4.74 Å². The quantitative estimate of drug-likeness (QED) is 0.470. The molecule has 2 heteroatoms. The molecule has 0 N–H and O–H groups in total. The molecule has 0 aliphatic carbocycles. The van der Waals surface area contributed by atoms with Crippen LogP contribution in [0.3, 0.4) is 0 Å². The van der Waals surface area contributed by atoms with Gasteiger partial charge < -0.3 is 4.74 Å². The van der Waals surface area contributed by atoms with Gasteiger partial charge in [0.15, 0.2) is 0 Å². The van der Waals surface area contributed by atoms with Crippen molar-refractivity contribution in [2.24, 2.45) is 0 Å². The van der Waals surface area contributed by atoms with E-state index in [4.69, 9.17) is 4.74 Å². The molecule has 1 nitrogen and oxygen atoms in total. The van der Waals surface area contributed by atoms with Gasteiger partial charge in [-0.2, -0.15) is 0 Å². The summed E-state index contributed by atoms with van der Waals surface area (Å²) in [5.41, 5.74) is 2.00. The fraction of sp³-hybridized carbons (Fsp3) is 1.00. The summed E-state index contributed by atoms with van der Waals surface area (Å²) < 4.78 is 4.83.